The molecule has 0 aliphatic carbocycles. The van der Waals surface area contributed by atoms with Crippen LogP contribution in [0.4, 0.5) is 19.0 Å². The predicted molar refractivity (Wildman–Crippen MR) is 104 cm³/mol. The Bertz CT molecular complexity index is 1180. The summed E-state index contributed by atoms with van der Waals surface area (Å²) in [6.45, 7) is 3.33. The molecule has 1 aliphatic heterocycles. The largest absolute Gasteiger partial charge is 0.357 e. The molecule has 1 unspecified atom stereocenters. The van der Waals surface area contributed by atoms with Crippen molar-refractivity contribution in [3.05, 3.63) is 64.0 Å². The minimum Gasteiger partial charge on any atom is -0.351 e. The highest BCUT2D eigenvalue weighted by Gasteiger charge is 2.28. The van der Waals surface area contributed by atoms with Gasteiger partial charge in [-0.25, -0.2) is 27.5 Å². The first-order valence-corrected chi connectivity index (χ1v) is 9.34. The molecule has 4 rings (SSSR count). The molecule has 0 radical (unpaired) electrons. The van der Waals surface area contributed by atoms with Gasteiger partial charge in [0.05, 0.1) is 5.39 Å². The molecule has 2 aromatic heterocycles. The number of fused-ring (bicyclic) bond motifs is 1. The van der Waals surface area contributed by atoms with E-state index in [1.165, 1.54) is 6.20 Å². The molecule has 10 heteroatoms. The number of halogens is 3. The Hall–Kier alpha value is -3.27. The summed E-state index contributed by atoms with van der Waals surface area (Å²) >= 11 is 0. The minimum absolute atomic E-state index is 0.0468. The molecule has 1 aromatic carbocycles. The van der Waals surface area contributed by atoms with Crippen molar-refractivity contribution in [2.75, 3.05) is 24.5 Å². The number of anilines is 1. The van der Waals surface area contributed by atoms with E-state index < -0.39 is 23.1 Å². The van der Waals surface area contributed by atoms with Gasteiger partial charge in [0.1, 0.15) is 11.6 Å². The number of piperazine rings is 1. The zero-order chi connectivity index (χ0) is 21.4. The van der Waals surface area contributed by atoms with Gasteiger partial charge in [-0.1, -0.05) is 0 Å². The van der Waals surface area contributed by atoms with Crippen LogP contribution in [0.2, 0.25) is 0 Å². The van der Waals surface area contributed by atoms with Gasteiger partial charge >= 0.3 is 5.69 Å². The molecule has 1 fully saturated rings. The van der Waals surface area contributed by atoms with Gasteiger partial charge < -0.3 is 4.90 Å². The fourth-order valence-corrected chi connectivity index (χ4v) is 3.83. The van der Waals surface area contributed by atoms with E-state index in [-0.39, 0.29) is 23.8 Å². The van der Waals surface area contributed by atoms with E-state index in [1.807, 2.05) is 16.7 Å². The Morgan fingerprint density at radius 3 is 2.77 bits per heavy atom. The topological polar surface area (TPSA) is 71.3 Å². The van der Waals surface area contributed by atoms with Crippen LogP contribution in [0.15, 0.2) is 35.3 Å². The summed E-state index contributed by atoms with van der Waals surface area (Å²) < 4.78 is 41.8. The smallest absolute Gasteiger partial charge is 0.351 e. The molecule has 3 aromatic rings. The number of carbonyl (C=O) groups is 1. The summed E-state index contributed by atoms with van der Waals surface area (Å²) in [5.74, 6) is -2.68. The van der Waals surface area contributed by atoms with Crippen molar-refractivity contribution in [1.29, 1.82) is 0 Å². The van der Waals surface area contributed by atoms with Crippen LogP contribution in [0.1, 0.15) is 12.5 Å². The first kappa shape index (κ1) is 20.0. The maximum atomic E-state index is 14.0. The van der Waals surface area contributed by atoms with Crippen molar-refractivity contribution in [2.24, 2.45) is 0 Å². The molecule has 0 bridgehead atoms. The lowest BCUT2D eigenvalue weighted by atomic mass is 10.1. The van der Waals surface area contributed by atoms with Crippen LogP contribution in [0, 0.1) is 17.5 Å². The molecule has 0 N–H and O–H groups in total. The SMILES string of the molecule is CC1CN(Cc2cc(F)cc(F)c2F)CCN1c1nc(=O)n(C=O)c2ncccc12. The number of nitrogens with zero attached hydrogens (tertiary/aromatic N) is 5. The van der Waals surface area contributed by atoms with Gasteiger partial charge in [0.2, 0.25) is 6.41 Å². The van der Waals surface area contributed by atoms with Crippen molar-refractivity contribution < 1.29 is 18.0 Å². The zero-order valence-corrected chi connectivity index (χ0v) is 16.1. The Kier molecular flexibility index (Phi) is 5.25. The number of hydrogen-bond donors (Lipinski definition) is 0. The van der Waals surface area contributed by atoms with Crippen LogP contribution in [0.25, 0.3) is 11.0 Å². The lowest BCUT2D eigenvalue weighted by molar-refractivity contribution is 0.217. The summed E-state index contributed by atoms with van der Waals surface area (Å²) in [6.07, 6.45) is 1.86. The molecular formula is C20H18F3N5O2. The molecule has 1 saturated heterocycles. The number of aromatic nitrogens is 3. The third kappa shape index (κ3) is 3.54. The minimum atomic E-state index is -1.21. The standard InChI is InChI=1S/C20H18F3N5O2/c1-12-9-26(10-13-7-14(21)8-16(22)17(13)23)5-6-27(12)19-15-3-2-4-24-18(15)28(11-29)20(30)25-19/h2-4,7-8,11-12H,5-6,9-10H2,1H3. The van der Waals surface area contributed by atoms with Crippen molar-refractivity contribution in [3.63, 3.8) is 0 Å². The Morgan fingerprint density at radius 2 is 2.03 bits per heavy atom. The van der Waals surface area contributed by atoms with Crippen LogP contribution >= 0.6 is 0 Å². The van der Waals surface area contributed by atoms with Crippen LogP contribution in [-0.2, 0) is 11.3 Å². The predicted octanol–water partition coefficient (Wildman–Crippen LogP) is 1.96. The number of carbonyl (C=O) groups excluding carboxylic acids is 1. The maximum absolute atomic E-state index is 14.0. The maximum Gasteiger partial charge on any atom is 0.357 e. The highest BCUT2D eigenvalue weighted by molar-refractivity contribution is 5.90. The highest BCUT2D eigenvalue weighted by Crippen LogP contribution is 2.26. The molecule has 30 heavy (non-hydrogen) atoms. The summed E-state index contributed by atoms with van der Waals surface area (Å²) in [6, 6.07) is 4.80. The van der Waals surface area contributed by atoms with Crippen molar-refractivity contribution >= 4 is 23.3 Å². The summed E-state index contributed by atoms with van der Waals surface area (Å²) in [4.78, 5) is 35.5. The lowest BCUT2D eigenvalue weighted by Crippen LogP contribution is -2.52. The Balaban J connectivity index is 1.60. The van der Waals surface area contributed by atoms with E-state index in [9.17, 15) is 22.8 Å². The first-order chi connectivity index (χ1) is 14.4. The van der Waals surface area contributed by atoms with Crippen molar-refractivity contribution in [3.8, 4) is 0 Å². The van der Waals surface area contributed by atoms with E-state index in [1.54, 1.807) is 12.1 Å². The zero-order valence-electron chi connectivity index (χ0n) is 16.1. The quantitative estimate of drug-likeness (QED) is 0.478. The van der Waals surface area contributed by atoms with Gasteiger partial charge in [-0.15, -0.1) is 0 Å². The average Bonchev–Trinajstić information content (AvgIpc) is 2.71. The molecule has 1 aliphatic rings. The van der Waals surface area contributed by atoms with E-state index in [0.29, 0.717) is 43.3 Å². The summed E-state index contributed by atoms with van der Waals surface area (Å²) in [5.41, 5.74) is -0.554. The molecule has 1 atom stereocenters. The monoisotopic (exact) mass is 417 g/mol. The van der Waals surface area contributed by atoms with Crippen LogP contribution in [0.3, 0.4) is 0 Å². The lowest BCUT2D eigenvalue weighted by Gasteiger charge is -2.40. The number of benzene rings is 1. The van der Waals surface area contributed by atoms with E-state index in [4.69, 9.17) is 0 Å². The second-order valence-corrected chi connectivity index (χ2v) is 7.21. The van der Waals surface area contributed by atoms with Gasteiger partial charge in [-0.05, 0) is 25.1 Å². The molecule has 7 nitrogen and oxygen atoms in total. The van der Waals surface area contributed by atoms with E-state index >= 15 is 0 Å². The normalized spacial score (nSPS) is 17.5. The third-order valence-electron chi connectivity index (χ3n) is 5.21. The van der Waals surface area contributed by atoms with Crippen molar-refractivity contribution in [2.45, 2.75) is 19.5 Å². The van der Waals surface area contributed by atoms with Gasteiger partial charge in [-0.3, -0.25) is 9.69 Å². The van der Waals surface area contributed by atoms with Gasteiger partial charge in [0.15, 0.2) is 17.3 Å². The average molecular weight is 417 g/mol. The molecular weight excluding hydrogens is 399 g/mol. The molecule has 3 heterocycles. The second-order valence-electron chi connectivity index (χ2n) is 7.21. The van der Waals surface area contributed by atoms with Crippen molar-refractivity contribution in [1.82, 2.24) is 19.4 Å². The summed E-state index contributed by atoms with van der Waals surface area (Å²) in [5, 5.41) is 0.558. The van der Waals surface area contributed by atoms with Crippen LogP contribution < -0.4 is 10.6 Å². The summed E-state index contributed by atoms with van der Waals surface area (Å²) in [7, 11) is 0. The van der Waals surface area contributed by atoms with Crippen LogP contribution in [-0.4, -0.2) is 51.5 Å². The van der Waals surface area contributed by atoms with E-state index in [2.05, 4.69) is 9.97 Å². The van der Waals surface area contributed by atoms with Gasteiger partial charge in [0, 0.05) is 50.0 Å². The van der Waals surface area contributed by atoms with Crippen LogP contribution in [0.5, 0.6) is 0 Å². The molecule has 0 amide bonds. The van der Waals surface area contributed by atoms with Gasteiger partial charge in [0.25, 0.3) is 0 Å². The number of hydrogen-bond acceptors (Lipinski definition) is 6. The first-order valence-electron chi connectivity index (χ1n) is 9.34. The number of pyridine rings is 1. The second kappa shape index (κ2) is 7.86. The molecule has 0 saturated carbocycles. The molecule has 0 spiro atoms. The highest BCUT2D eigenvalue weighted by atomic mass is 19.2. The number of rotatable bonds is 4. The fraction of sp³-hybridized carbons (Fsp3) is 0.300. The fourth-order valence-electron chi connectivity index (χ4n) is 3.83. The van der Waals surface area contributed by atoms with E-state index in [0.717, 1.165) is 10.6 Å². The Labute approximate surface area is 169 Å². The Morgan fingerprint density at radius 1 is 1.23 bits per heavy atom. The molecule has 156 valence electrons. The third-order valence-corrected chi connectivity index (χ3v) is 5.21. The van der Waals surface area contributed by atoms with Gasteiger partial charge in [-0.2, -0.15) is 4.98 Å².